The fourth-order valence-electron chi connectivity index (χ4n) is 4.57. The van der Waals surface area contributed by atoms with Crippen LogP contribution in [-0.4, -0.2) is 70.9 Å². The van der Waals surface area contributed by atoms with E-state index in [0.29, 0.717) is 40.3 Å². The van der Waals surface area contributed by atoms with Gasteiger partial charge in [0, 0.05) is 30.2 Å². The van der Waals surface area contributed by atoms with Gasteiger partial charge >= 0.3 is 0 Å². The number of hydrogen-bond acceptors (Lipinski definition) is 10. The molecule has 2 N–H and O–H groups in total. The van der Waals surface area contributed by atoms with E-state index in [9.17, 15) is 19.4 Å². The smallest absolute Gasteiger partial charge is 0.280 e. The van der Waals surface area contributed by atoms with Gasteiger partial charge in [-0.25, -0.2) is 4.68 Å². The fraction of sp³-hybridized carbons (Fsp3) is 0.440. The van der Waals surface area contributed by atoms with Gasteiger partial charge in [-0.2, -0.15) is 10.1 Å². The van der Waals surface area contributed by atoms with Crippen LogP contribution >= 0.6 is 8.38 Å². The molecule has 0 aliphatic carbocycles. The Bertz CT molecular complexity index is 1320. The highest BCUT2D eigenvalue weighted by Gasteiger charge is 2.23. The maximum Gasteiger partial charge on any atom is 0.280 e. The zero-order valence-electron chi connectivity index (χ0n) is 21.1. The maximum atomic E-state index is 13.3. The first kappa shape index (κ1) is 26.8. The Balaban J connectivity index is 1.55. The van der Waals surface area contributed by atoms with Gasteiger partial charge in [-0.15, -0.1) is 0 Å². The molecule has 37 heavy (non-hydrogen) atoms. The minimum absolute atomic E-state index is 0.181. The topological polar surface area (TPSA) is 136 Å². The summed E-state index contributed by atoms with van der Waals surface area (Å²) in [6.07, 6.45) is 4.62. The molecule has 198 valence electrons. The van der Waals surface area contributed by atoms with Gasteiger partial charge in [0.15, 0.2) is 25.7 Å². The number of benzene rings is 1. The third-order valence-electron chi connectivity index (χ3n) is 6.66. The molecule has 1 aromatic carbocycles. The van der Waals surface area contributed by atoms with Crippen molar-refractivity contribution >= 4 is 30.7 Å². The highest BCUT2D eigenvalue weighted by atomic mass is 31.2. The number of Topliss-reactive ketones (excluding diaryl/α,β-unsaturated/α-hetero) is 1. The van der Waals surface area contributed by atoms with Crippen molar-refractivity contribution in [2.75, 3.05) is 45.5 Å². The number of carbonyl (C=O) groups is 1. The Hall–Kier alpha value is -3.27. The number of aromatic nitrogens is 3. The van der Waals surface area contributed by atoms with E-state index < -0.39 is 13.9 Å². The number of methoxy groups -OCH3 is 3. The number of carbonyl (C=O) groups excluding carboxylic acids is 1. The summed E-state index contributed by atoms with van der Waals surface area (Å²) in [6, 6.07) is 6.63. The Morgan fingerprint density at radius 2 is 1.81 bits per heavy atom. The maximum absolute atomic E-state index is 13.3. The number of hydrogen-bond donors (Lipinski definition) is 2. The van der Waals surface area contributed by atoms with E-state index in [1.165, 1.54) is 21.3 Å². The van der Waals surface area contributed by atoms with Crippen molar-refractivity contribution in [3.8, 4) is 17.4 Å². The van der Waals surface area contributed by atoms with Crippen LogP contribution in [0.4, 0.5) is 5.82 Å². The average Bonchev–Trinajstić information content (AvgIpc) is 2.92. The molecule has 1 fully saturated rings. The van der Waals surface area contributed by atoms with Crippen LogP contribution < -0.4 is 24.7 Å². The molecular formula is C25H31N4O7P. The van der Waals surface area contributed by atoms with Gasteiger partial charge in [0.1, 0.15) is 17.7 Å². The van der Waals surface area contributed by atoms with E-state index in [1.807, 2.05) is 6.07 Å². The first-order valence-electron chi connectivity index (χ1n) is 11.9. The van der Waals surface area contributed by atoms with Crippen molar-refractivity contribution in [2.24, 2.45) is 5.92 Å². The minimum atomic E-state index is -1.85. The quantitative estimate of drug-likeness (QED) is 0.297. The molecule has 0 spiro atoms. The molecule has 12 heteroatoms. The third kappa shape index (κ3) is 6.01. The molecule has 0 amide bonds. The van der Waals surface area contributed by atoms with E-state index in [0.717, 1.165) is 37.0 Å². The molecule has 0 bridgehead atoms. The summed E-state index contributed by atoms with van der Waals surface area (Å²) in [4.78, 5) is 51.3. The summed E-state index contributed by atoms with van der Waals surface area (Å²) in [7, 11) is 2.61. The molecule has 3 aromatic rings. The summed E-state index contributed by atoms with van der Waals surface area (Å²) in [6.45, 7) is 1.28. The number of piperidine rings is 1. The zero-order valence-corrected chi connectivity index (χ0v) is 22.0. The number of ketones is 1. The van der Waals surface area contributed by atoms with Crippen LogP contribution in [0.25, 0.3) is 10.8 Å². The molecule has 1 aliphatic heterocycles. The minimum Gasteiger partial charge on any atom is -0.493 e. The van der Waals surface area contributed by atoms with E-state index in [4.69, 9.17) is 14.2 Å². The lowest BCUT2D eigenvalue weighted by Gasteiger charge is -2.33. The molecule has 2 aromatic heterocycles. The van der Waals surface area contributed by atoms with Crippen LogP contribution in [-0.2, 0) is 6.54 Å². The second-order valence-corrected chi connectivity index (χ2v) is 10.1. The monoisotopic (exact) mass is 530 g/mol. The van der Waals surface area contributed by atoms with Crippen molar-refractivity contribution in [2.45, 2.75) is 25.8 Å². The highest BCUT2D eigenvalue weighted by molar-refractivity contribution is 7.45. The number of ether oxygens (including phenoxy) is 3. The van der Waals surface area contributed by atoms with Crippen LogP contribution in [0.15, 0.2) is 35.3 Å². The fourth-order valence-corrected chi connectivity index (χ4v) is 5.16. The van der Waals surface area contributed by atoms with Gasteiger partial charge in [0.2, 0.25) is 5.88 Å². The molecule has 3 heterocycles. The normalized spacial score (nSPS) is 14.3. The van der Waals surface area contributed by atoms with Crippen molar-refractivity contribution in [3.05, 3.63) is 46.4 Å². The molecule has 0 radical (unpaired) electrons. The molecule has 0 unspecified atom stereocenters. The molecule has 0 atom stereocenters. The largest absolute Gasteiger partial charge is 0.493 e. The first-order valence-corrected chi connectivity index (χ1v) is 13.4. The summed E-state index contributed by atoms with van der Waals surface area (Å²) in [5.74, 6) is 1.92. The number of anilines is 1. The van der Waals surface area contributed by atoms with Crippen LogP contribution in [0.5, 0.6) is 17.4 Å². The van der Waals surface area contributed by atoms with Gasteiger partial charge < -0.3 is 28.9 Å². The van der Waals surface area contributed by atoms with Crippen LogP contribution in [0.3, 0.4) is 0 Å². The number of rotatable bonds is 10. The summed E-state index contributed by atoms with van der Waals surface area (Å²) >= 11 is 0. The summed E-state index contributed by atoms with van der Waals surface area (Å²) in [5.41, 5.74) is -0.102. The lowest BCUT2D eigenvalue weighted by molar-refractivity contribution is 0.0965. The third-order valence-corrected chi connectivity index (χ3v) is 7.31. The molecule has 0 saturated carbocycles. The van der Waals surface area contributed by atoms with Gasteiger partial charge in [-0.3, -0.25) is 9.59 Å². The Labute approximate surface area is 215 Å². The van der Waals surface area contributed by atoms with Crippen LogP contribution in [0.1, 0.15) is 29.6 Å². The molecule has 1 aliphatic rings. The predicted octanol–water partition coefficient (Wildman–Crippen LogP) is 2.60. The van der Waals surface area contributed by atoms with E-state index in [1.54, 1.807) is 24.4 Å². The Morgan fingerprint density at radius 3 is 2.46 bits per heavy atom. The molecule has 4 rings (SSSR count). The van der Waals surface area contributed by atoms with Crippen molar-refractivity contribution in [1.29, 1.82) is 0 Å². The first-order chi connectivity index (χ1) is 17.8. The highest BCUT2D eigenvalue weighted by Crippen LogP contribution is 2.32. The number of nitrogens with zero attached hydrogens (tertiary/aromatic N) is 4. The number of pyridine rings is 1. The molecule has 11 nitrogen and oxygen atoms in total. The summed E-state index contributed by atoms with van der Waals surface area (Å²) in [5, 5.41) is 5.08. The van der Waals surface area contributed by atoms with Gasteiger partial charge in [-0.1, -0.05) is 0 Å². The lowest BCUT2D eigenvalue weighted by Crippen LogP contribution is -2.34. The SMILES string of the molecule is COc1ccc(C(=O)Cn2ncc3cc(N4CCC(CCP(O)O)CC4)nc(OC)c3c2=O)cc1OC. The van der Waals surface area contributed by atoms with E-state index in [-0.39, 0.29) is 23.6 Å². The zero-order chi connectivity index (χ0) is 26.5. The predicted molar refractivity (Wildman–Crippen MR) is 140 cm³/mol. The second kappa shape index (κ2) is 11.9. The summed E-state index contributed by atoms with van der Waals surface area (Å²) < 4.78 is 17.1. The van der Waals surface area contributed by atoms with Gasteiger partial charge in [0.25, 0.3) is 5.56 Å². The van der Waals surface area contributed by atoms with E-state index in [2.05, 4.69) is 15.0 Å². The van der Waals surface area contributed by atoms with Crippen molar-refractivity contribution < 1.29 is 28.8 Å². The van der Waals surface area contributed by atoms with Gasteiger partial charge in [0.05, 0.1) is 27.5 Å². The van der Waals surface area contributed by atoms with Crippen molar-refractivity contribution in [1.82, 2.24) is 14.8 Å². The molecular weight excluding hydrogens is 499 g/mol. The lowest BCUT2D eigenvalue weighted by atomic mass is 9.94. The van der Waals surface area contributed by atoms with E-state index >= 15 is 0 Å². The van der Waals surface area contributed by atoms with Crippen LogP contribution in [0, 0.1) is 5.92 Å². The molecule has 1 saturated heterocycles. The Kier molecular flexibility index (Phi) is 8.58. The standard InChI is InChI=1S/C25H31N4O7P/c1-34-20-5-4-17(12-21(20)35-2)19(30)15-29-25(31)23-18(14-26-29)13-22(27-24(23)36-3)28-9-6-16(7-10-28)8-11-37(32)33/h4-5,12-14,16,32-33H,6-11,15H2,1-3H3. The number of fused-ring (bicyclic) bond motifs is 1. The van der Waals surface area contributed by atoms with Crippen LogP contribution in [0.2, 0.25) is 0 Å². The Morgan fingerprint density at radius 1 is 1.08 bits per heavy atom. The second-order valence-electron chi connectivity index (χ2n) is 8.87. The van der Waals surface area contributed by atoms with Gasteiger partial charge in [-0.05, 0) is 49.4 Å². The average molecular weight is 531 g/mol. The van der Waals surface area contributed by atoms with Crippen molar-refractivity contribution in [3.63, 3.8) is 0 Å².